The van der Waals surface area contributed by atoms with Crippen LogP contribution in [0.25, 0.3) is 11.1 Å². The van der Waals surface area contributed by atoms with Crippen molar-refractivity contribution in [3.8, 4) is 11.1 Å². The van der Waals surface area contributed by atoms with Gasteiger partial charge in [0.2, 0.25) is 0 Å². The maximum absolute atomic E-state index is 11.0. The second-order valence-corrected chi connectivity index (χ2v) is 4.96. The van der Waals surface area contributed by atoms with Crippen LogP contribution in [-0.4, -0.2) is 17.8 Å². The number of pyridine rings is 1. The molecule has 0 saturated heterocycles. The van der Waals surface area contributed by atoms with Gasteiger partial charge < -0.3 is 5.32 Å². The van der Waals surface area contributed by atoms with Crippen LogP contribution in [0.15, 0.2) is 42.6 Å². The van der Waals surface area contributed by atoms with Gasteiger partial charge in [0.1, 0.15) is 5.82 Å². The standard InChI is InChI=1S/C16H16N2O/c19-11-14-3-1-2-4-15(14)13-7-8-16(18-10-13)17-9-12-5-6-12/h1-4,7-8,10-12H,5-6,9H2,(H,17,18). The number of anilines is 1. The molecular formula is C16H16N2O. The second kappa shape index (κ2) is 5.22. The van der Waals surface area contributed by atoms with E-state index in [0.29, 0.717) is 5.56 Å². The largest absolute Gasteiger partial charge is 0.370 e. The highest BCUT2D eigenvalue weighted by Gasteiger charge is 2.20. The van der Waals surface area contributed by atoms with Gasteiger partial charge in [-0.2, -0.15) is 0 Å². The summed E-state index contributed by atoms with van der Waals surface area (Å²) in [6.45, 7) is 1.01. The first-order chi connectivity index (χ1) is 9.36. The summed E-state index contributed by atoms with van der Waals surface area (Å²) in [7, 11) is 0. The Labute approximate surface area is 112 Å². The highest BCUT2D eigenvalue weighted by Crippen LogP contribution is 2.29. The molecule has 3 heteroatoms. The van der Waals surface area contributed by atoms with Gasteiger partial charge >= 0.3 is 0 Å². The van der Waals surface area contributed by atoms with Crippen LogP contribution in [0.1, 0.15) is 23.2 Å². The number of benzene rings is 1. The number of carbonyl (C=O) groups excluding carboxylic acids is 1. The summed E-state index contributed by atoms with van der Waals surface area (Å²) in [6, 6.07) is 11.5. The van der Waals surface area contributed by atoms with Crippen molar-refractivity contribution in [2.75, 3.05) is 11.9 Å². The van der Waals surface area contributed by atoms with E-state index in [-0.39, 0.29) is 0 Å². The fourth-order valence-corrected chi connectivity index (χ4v) is 2.09. The molecule has 0 amide bonds. The van der Waals surface area contributed by atoms with Crippen molar-refractivity contribution in [3.05, 3.63) is 48.2 Å². The van der Waals surface area contributed by atoms with E-state index >= 15 is 0 Å². The predicted octanol–water partition coefficient (Wildman–Crippen LogP) is 3.38. The zero-order valence-electron chi connectivity index (χ0n) is 10.7. The van der Waals surface area contributed by atoms with Gasteiger partial charge in [-0.1, -0.05) is 24.3 Å². The molecule has 1 fully saturated rings. The lowest BCUT2D eigenvalue weighted by Gasteiger charge is -2.07. The van der Waals surface area contributed by atoms with Crippen LogP contribution in [0.5, 0.6) is 0 Å². The minimum atomic E-state index is 0.697. The molecule has 96 valence electrons. The molecule has 0 radical (unpaired) electrons. The molecule has 1 aliphatic carbocycles. The van der Waals surface area contributed by atoms with Gasteiger partial charge in [0.15, 0.2) is 6.29 Å². The molecular weight excluding hydrogens is 236 g/mol. The zero-order valence-corrected chi connectivity index (χ0v) is 10.7. The fourth-order valence-electron chi connectivity index (χ4n) is 2.09. The molecule has 1 aromatic heterocycles. The number of hydrogen-bond acceptors (Lipinski definition) is 3. The molecule has 1 N–H and O–H groups in total. The maximum Gasteiger partial charge on any atom is 0.150 e. The molecule has 0 bridgehead atoms. The minimum absolute atomic E-state index is 0.697. The van der Waals surface area contributed by atoms with Gasteiger partial charge in [-0.05, 0) is 36.5 Å². The summed E-state index contributed by atoms with van der Waals surface area (Å²) >= 11 is 0. The molecule has 1 saturated carbocycles. The molecule has 1 aromatic carbocycles. The Morgan fingerprint density at radius 1 is 1.21 bits per heavy atom. The Morgan fingerprint density at radius 3 is 2.74 bits per heavy atom. The van der Waals surface area contributed by atoms with E-state index in [2.05, 4.69) is 10.3 Å². The summed E-state index contributed by atoms with van der Waals surface area (Å²) in [5.74, 6) is 1.73. The van der Waals surface area contributed by atoms with Gasteiger partial charge in [0, 0.05) is 23.9 Å². The lowest BCUT2D eigenvalue weighted by molar-refractivity contribution is 0.112. The van der Waals surface area contributed by atoms with Crippen molar-refractivity contribution in [1.29, 1.82) is 0 Å². The van der Waals surface area contributed by atoms with Crippen molar-refractivity contribution in [3.63, 3.8) is 0 Å². The molecule has 1 aliphatic rings. The molecule has 3 nitrogen and oxygen atoms in total. The predicted molar refractivity (Wildman–Crippen MR) is 76.3 cm³/mol. The first-order valence-corrected chi connectivity index (χ1v) is 6.61. The average Bonchev–Trinajstić information content (AvgIpc) is 3.30. The smallest absolute Gasteiger partial charge is 0.150 e. The second-order valence-electron chi connectivity index (χ2n) is 4.96. The van der Waals surface area contributed by atoms with E-state index in [1.807, 2.05) is 42.6 Å². The summed E-state index contributed by atoms with van der Waals surface area (Å²) < 4.78 is 0. The van der Waals surface area contributed by atoms with E-state index in [4.69, 9.17) is 0 Å². The Morgan fingerprint density at radius 2 is 2.05 bits per heavy atom. The molecule has 2 aromatic rings. The van der Waals surface area contributed by atoms with Crippen LogP contribution in [0.2, 0.25) is 0 Å². The Bertz CT molecular complexity index is 574. The molecule has 1 heterocycles. The highest BCUT2D eigenvalue weighted by molar-refractivity contribution is 5.87. The van der Waals surface area contributed by atoms with E-state index in [9.17, 15) is 4.79 Å². The number of aromatic nitrogens is 1. The van der Waals surface area contributed by atoms with Crippen molar-refractivity contribution in [1.82, 2.24) is 4.98 Å². The maximum atomic E-state index is 11.0. The van der Waals surface area contributed by atoms with Gasteiger partial charge in [0.25, 0.3) is 0 Å². The van der Waals surface area contributed by atoms with Gasteiger partial charge in [-0.15, -0.1) is 0 Å². The number of hydrogen-bond donors (Lipinski definition) is 1. The molecule has 3 rings (SSSR count). The first kappa shape index (κ1) is 11.9. The van der Waals surface area contributed by atoms with E-state index in [0.717, 1.165) is 35.7 Å². The molecule has 0 aliphatic heterocycles. The Hall–Kier alpha value is -2.16. The Kier molecular flexibility index (Phi) is 3.27. The van der Waals surface area contributed by atoms with Crippen molar-refractivity contribution >= 4 is 12.1 Å². The summed E-state index contributed by atoms with van der Waals surface area (Å²) in [5, 5.41) is 3.33. The van der Waals surface area contributed by atoms with Crippen LogP contribution in [-0.2, 0) is 0 Å². The van der Waals surface area contributed by atoms with Crippen molar-refractivity contribution in [2.45, 2.75) is 12.8 Å². The highest BCUT2D eigenvalue weighted by atomic mass is 16.1. The average molecular weight is 252 g/mol. The number of aldehydes is 1. The number of carbonyl (C=O) groups is 1. The first-order valence-electron chi connectivity index (χ1n) is 6.61. The zero-order chi connectivity index (χ0) is 13.1. The monoisotopic (exact) mass is 252 g/mol. The normalized spacial score (nSPS) is 14.1. The van der Waals surface area contributed by atoms with E-state index in [1.54, 1.807) is 0 Å². The van der Waals surface area contributed by atoms with Gasteiger partial charge in [0.05, 0.1) is 0 Å². The molecule has 0 spiro atoms. The summed E-state index contributed by atoms with van der Waals surface area (Å²) in [5.41, 5.74) is 2.60. The van der Waals surface area contributed by atoms with E-state index < -0.39 is 0 Å². The third-order valence-electron chi connectivity index (χ3n) is 3.43. The molecule has 0 atom stereocenters. The van der Waals surface area contributed by atoms with E-state index in [1.165, 1.54) is 12.8 Å². The van der Waals surface area contributed by atoms with Crippen LogP contribution in [0.4, 0.5) is 5.82 Å². The summed E-state index contributed by atoms with van der Waals surface area (Å²) in [4.78, 5) is 15.4. The minimum Gasteiger partial charge on any atom is -0.370 e. The molecule has 0 unspecified atom stereocenters. The van der Waals surface area contributed by atoms with Gasteiger partial charge in [-0.25, -0.2) is 4.98 Å². The topological polar surface area (TPSA) is 42.0 Å². The lowest BCUT2D eigenvalue weighted by atomic mass is 10.0. The van der Waals surface area contributed by atoms with Gasteiger partial charge in [-0.3, -0.25) is 4.79 Å². The number of nitrogens with one attached hydrogen (secondary N) is 1. The summed E-state index contributed by atoms with van der Waals surface area (Å²) in [6.07, 6.45) is 5.36. The van der Waals surface area contributed by atoms with Crippen LogP contribution >= 0.6 is 0 Å². The third-order valence-corrected chi connectivity index (χ3v) is 3.43. The third kappa shape index (κ3) is 2.81. The van der Waals surface area contributed by atoms with Crippen LogP contribution in [0, 0.1) is 5.92 Å². The lowest BCUT2D eigenvalue weighted by Crippen LogP contribution is -2.04. The number of rotatable bonds is 5. The van der Waals surface area contributed by atoms with Crippen LogP contribution in [0.3, 0.4) is 0 Å². The fraction of sp³-hybridized carbons (Fsp3) is 0.250. The van der Waals surface area contributed by atoms with Crippen molar-refractivity contribution < 1.29 is 4.79 Å². The quantitative estimate of drug-likeness (QED) is 0.829. The Balaban J connectivity index is 1.78. The number of nitrogens with zero attached hydrogens (tertiary/aromatic N) is 1. The molecule has 19 heavy (non-hydrogen) atoms. The van der Waals surface area contributed by atoms with Crippen molar-refractivity contribution in [2.24, 2.45) is 5.92 Å². The SMILES string of the molecule is O=Cc1ccccc1-c1ccc(NCC2CC2)nc1. The van der Waals surface area contributed by atoms with Crippen LogP contribution < -0.4 is 5.32 Å².